The molecule has 1 heterocycles. The van der Waals surface area contributed by atoms with Crippen LogP contribution in [0.2, 0.25) is 0 Å². The molecule has 0 aliphatic carbocycles. The van der Waals surface area contributed by atoms with Crippen LogP contribution >= 0.6 is 0 Å². The van der Waals surface area contributed by atoms with Gasteiger partial charge in [0, 0.05) is 45.3 Å². The highest BCUT2D eigenvalue weighted by molar-refractivity contribution is 5.79. The first-order valence-electron chi connectivity index (χ1n) is 8.89. The summed E-state index contributed by atoms with van der Waals surface area (Å²) < 4.78 is 2.07. The molecule has 2 N–H and O–H groups in total. The lowest BCUT2D eigenvalue weighted by Gasteiger charge is -2.18. The van der Waals surface area contributed by atoms with Crippen molar-refractivity contribution >= 4 is 11.6 Å². The number of rotatable bonds is 9. The summed E-state index contributed by atoms with van der Waals surface area (Å²) in [6.45, 7) is 8.20. The van der Waals surface area contributed by atoms with E-state index in [0.717, 1.165) is 50.9 Å². The number of hydrogen-bond donors (Lipinski definition) is 2. The Hall–Kier alpha value is -2.57. The molecule has 25 heavy (non-hydrogen) atoms. The van der Waals surface area contributed by atoms with Gasteiger partial charge in [-0.25, -0.2) is 0 Å². The predicted octanol–water partition coefficient (Wildman–Crippen LogP) is 1.53. The Balaban J connectivity index is 1.79. The number of aryl methyl sites for hydroxylation is 1. The van der Waals surface area contributed by atoms with E-state index in [1.54, 1.807) is 6.33 Å². The zero-order valence-corrected chi connectivity index (χ0v) is 15.4. The topological polar surface area (TPSA) is 70.4 Å². The average Bonchev–Trinajstić information content (AvgIpc) is 3.10. The smallest absolute Gasteiger partial charge is 0.191 e. The number of para-hydroxylation sites is 1. The van der Waals surface area contributed by atoms with E-state index in [9.17, 15) is 0 Å². The highest BCUT2D eigenvalue weighted by Crippen LogP contribution is 2.09. The number of aromatic nitrogens is 3. The number of guanidine groups is 1. The van der Waals surface area contributed by atoms with Gasteiger partial charge in [-0.15, -0.1) is 10.2 Å². The van der Waals surface area contributed by atoms with Crippen molar-refractivity contribution in [1.29, 1.82) is 0 Å². The van der Waals surface area contributed by atoms with E-state index < -0.39 is 0 Å². The second-order valence-electron chi connectivity index (χ2n) is 5.74. The predicted molar refractivity (Wildman–Crippen MR) is 103 cm³/mol. The quantitative estimate of drug-likeness (QED) is 0.534. The van der Waals surface area contributed by atoms with Crippen molar-refractivity contribution in [3.05, 3.63) is 42.5 Å². The number of likely N-dealkylation sites (N-methyl/N-ethyl adjacent to an activating group) is 1. The lowest BCUT2D eigenvalue weighted by atomic mass is 10.3. The summed E-state index contributed by atoms with van der Waals surface area (Å²) in [6.07, 6.45) is 2.67. The molecule has 0 radical (unpaired) electrons. The molecule has 1 aromatic carbocycles. The Labute approximate surface area is 150 Å². The fourth-order valence-corrected chi connectivity index (χ4v) is 2.50. The summed E-state index contributed by atoms with van der Waals surface area (Å²) in [4.78, 5) is 6.86. The van der Waals surface area contributed by atoms with E-state index in [1.807, 2.05) is 6.07 Å². The van der Waals surface area contributed by atoms with E-state index in [4.69, 9.17) is 0 Å². The van der Waals surface area contributed by atoms with E-state index >= 15 is 0 Å². The van der Waals surface area contributed by atoms with Gasteiger partial charge in [-0.05, 0) is 19.1 Å². The maximum absolute atomic E-state index is 4.65. The van der Waals surface area contributed by atoms with Gasteiger partial charge in [-0.1, -0.05) is 25.1 Å². The lowest BCUT2D eigenvalue weighted by molar-refractivity contribution is 0.632. The Morgan fingerprint density at radius 1 is 1.20 bits per heavy atom. The van der Waals surface area contributed by atoms with Crippen LogP contribution in [0.3, 0.4) is 0 Å². The minimum atomic E-state index is 0.730. The molecule has 7 nitrogen and oxygen atoms in total. The standard InChI is InChI=1S/C18H29N7/c1-4-17-23-22-15-25(17)14-12-21-18(19-5-2)20-11-13-24(3)16-9-7-6-8-10-16/h6-10,15H,4-5,11-14H2,1-3H3,(H2,19,20,21). The van der Waals surface area contributed by atoms with Gasteiger partial charge in [-0.2, -0.15) is 0 Å². The van der Waals surface area contributed by atoms with E-state index in [-0.39, 0.29) is 0 Å². The SMILES string of the molecule is CCNC(=NCCN(C)c1ccccc1)NCCn1cnnc1CC. The Morgan fingerprint density at radius 3 is 2.72 bits per heavy atom. The highest BCUT2D eigenvalue weighted by Gasteiger charge is 2.03. The number of nitrogens with one attached hydrogen (secondary N) is 2. The summed E-state index contributed by atoms with van der Waals surface area (Å²) in [6, 6.07) is 10.4. The van der Waals surface area contributed by atoms with E-state index in [0.29, 0.717) is 0 Å². The first-order valence-corrected chi connectivity index (χ1v) is 8.89. The number of anilines is 1. The van der Waals surface area contributed by atoms with Gasteiger partial charge in [0.05, 0.1) is 6.54 Å². The molecule has 1 aromatic heterocycles. The molecule has 0 spiro atoms. The molecule has 0 amide bonds. The molecular formula is C18H29N7. The first-order chi connectivity index (χ1) is 12.2. The number of benzene rings is 1. The monoisotopic (exact) mass is 343 g/mol. The molecule has 0 saturated carbocycles. The van der Waals surface area contributed by atoms with Gasteiger partial charge in [0.15, 0.2) is 5.96 Å². The Bertz CT molecular complexity index is 636. The first kappa shape index (κ1) is 18.8. The Kier molecular flexibility index (Phi) is 7.75. The number of nitrogens with zero attached hydrogens (tertiary/aromatic N) is 5. The third kappa shape index (κ3) is 6.10. The van der Waals surface area contributed by atoms with Crippen LogP contribution in [0.25, 0.3) is 0 Å². The van der Waals surface area contributed by atoms with Crippen molar-refractivity contribution in [1.82, 2.24) is 25.4 Å². The summed E-state index contributed by atoms with van der Waals surface area (Å²) in [5, 5.41) is 14.7. The molecule has 0 aliphatic heterocycles. The van der Waals surface area contributed by atoms with Crippen LogP contribution in [0, 0.1) is 0 Å². The zero-order valence-electron chi connectivity index (χ0n) is 15.4. The van der Waals surface area contributed by atoms with Gasteiger partial charge in [0.1, 0.15) is 12.2 Å². The zero-order chi connectivity index (χ0) is 17.9. The molecule has 0 fully saturated rings. The van der Waals surface area contributed by atoms with Gasteiger partial charge in [-0.3, -0.25) is 4.99 Å². The van der Waals surface area contributed by atoms with Crippen LogP contribution < -0.4 is 15.5 Å². The van der Waals surface area contributed by atoms with Crippen LogP contribution in [0.4, 0.5) is 5.69 Å². The second-order valence-corrected chi connectivity index (χ2v) is 5.74. The van der Waals surface area contributed by atoms with Crippen LogP contribution in [0.15, 0.2) is 41.7 Å². The molecule has 136 valence electrons. The normalized spacial score (nSPS) is 11.4. The van der Waals surface area contributed by atoms with Gasteiger partial charge in [0.25, 0.3) is 0 Å². The average molecular weight is 343 g/mol. The molecule has 0 saturated heterocycles. The fourth-order valence-electron chi connectivity index (χ4n) is 2.50. The maximum atomic E-state index is 4.65. The highest BCUT2D eigenvalue weighted by atomic mass is 15.3. The molecule has 0 aliphatic rings. The minimum Gasteiger partial charge on any atom is -0.373 e. The third-order valence-corrected chi connectivity index (χ3v) is 3.90. The second kappa shape index (κ2) is 10.3. The summed E-state index contributed by atoms with van der Waals surface area (Å²) in [5.74, 6) is 1.85. The van der Waals surface area contributed by atoms with E-state index in [1.165, 1.54) is 5.69 Å². The van der Waals surface area contributed by atoms with Crippen molar-refractivity contribution in [3.63, 3.8) is 0 Å². The van der Waals surface area contributed by atoms with Gasteiger partial charge in [0.2, 0.25) is 0 Å². The van der Waals surface area contributed by atoms with Crippen LogP contribution in [0.5, 0.6) is 0 Å². The van der Waals surface area contributed by atoms with E-state index in [2.05, 4.69) is 80.5 Å². The van der Waals surface area contributed by atoms with Crippen molar-refractivity contribution in [2.45, 2.75) is 26.8 Å². The molecular weight excluding hydrogens is 314 g/mol. The van der Waals surface area contributed by atoms with Gasteiger partial charge < -0.3 is 20.1 Å². The van der Waals surface area contributed by atoms with Crippen molar-refractivity contribution in [3.8, 4) is 0 Å². The summed E-state index contributed by atoms with van der Waals surface area (Å²) in [5.41, 5.74) is 1.20. The van der Waals surface area contributed by atoms with Crippen molar-refractivity contribution < 1.29 is 0 Å². The lowest BCUT2D eigenvalue weighted by Crippen LogP contribution is -2.39. The van der Waals surface area contributed by atoms with Crippen molar-refractivity contribution in [2.75, 3.05) is 38.1 Å². The number of hydrogen-bond acceptors (Lipinski definition) is 4. The van der Waals surface area contributed by atoms with Crippen LogP contribution in [-0.2, 0) is 13.0 Å². The molecule has 0 bridgehead atoms. The molecule has 0 unspecified atom stereocenters. The summed E-state index contributed by atoms with van der Waals surface area (Å²) in [7, 11) is 2.09. The van der Waals surface area contributed by atoms with Crippen LogP contribution in [-0.4, -0.2) is 54.0 Å². The summed E-state index contributed by atoms with van der Waals surface area (Å²) >= 11 is 0. The third-order valence-electron chi connectivity index (χ3n) is 3.90. The van der Waals surface area contributed by atoms with Crippen LogP contribution in [0.1, 0.15) is 19.7 Å². The molecule has 0 atom stereocenters. The minimum absolute atomic E-state index is 0.730. The molecule has 2 aromatic rings. The maximum Gasteiger partial charge on any atom is 0.191 e. The molecule has 2 rings (SSSR count). The Morgan fingerprint density at radius 2 is 2.00 bits per heavy atom. The van der Waals surface area contributed by atoms with Gasteiger partial charge >= 0.3 is 0 Å². The molecule has 7 heteroatoms. The van der Waals surface area contributed by atoms with Crippen molar-refractivity contribution in [2.24, 2.45) is 4.99 Å². The largest absolute Gasteiger partial charge is 0.373 e. The fraction of sp³-hybridized carbons (Fsp3) is 0.500. The number of aliphatic imine (C=N–C) groups is 1.